The summed E-state index contributed by atoms with van der Waals surface area (Å²) in [4.78, 5) is 25.4. The average Bonchev–Trinajstić information content (AvgIpc) is 2.55. The number of nitrogens with zero attached hydrogens (tertiary/aromatic N) is 1. The van der Waals surface area contributed by atoms with E-state index < -0.39 is 32.9 Å². The SMILES string of the molecule is COC(=O)c1ccc(SC(C)N2C=C(Cl)C(S(=O)(=O)[O-])NC2=O)cc1.[Na+]. The molecular formula is C14H14ClN2NaO6S2. The molecule has 2 amide bonds. The zero-order valence-corrected chi connectivity index (χ0v) is 18.5. The van der Waals surface area contributed by atoms with E-state index in [4.69, 9.17) is 11.6 Å². The van der Waals surface area contributed by atoms with E-state index in [1.165, 1.54) is 23.8 Å². The largest absolute Gasteiger partial charge is 1.00 e. The van der Waals surface area contributed by atoms with Gasteiger partial charge in [-0.1, -0.05) is 11.6 Å². The zero-order chi connectivity index (χ0) is 18.8. The second kappa shape index (κ2) is 9.45. The molecule has 0 saturated heterocycles. The van der Waals surface area contributed by atoms with E-state index >= 15 is 0 Å². The van der Waals surface area contributed by atoms with Crippen LogP contribution in [0.25, 0.3) is 0 Å². The van der Waals surface area contributed by atoms with Crippen LogP contribution in [0, 0.1) is 0 Å². The number of carbonyl (C=O) groups excluding carboxylic acids is 2. The van der Waals surface area contributed by atoms with Gasteiger partial charge < -0.3 is 14.6 Å². The van der Waals surface area contributed by atoms with Gasteiger partial charge in [-0.3, -0.25) is 4.90 Å². The molecule has 8 nitrogen and oxygen atoms in total. The van der Waals surface area contributed by atoms with Gasteiger partial charge in [0.1, 0.15) is 10.1 Å². The van der Waals surface area contributed by atoms with Crippen molar-refractivity contribution >= 4 is 45.5 Å². The van der Waals surface area contributed by atoms with Crippen LogP contribution in [0.1, 0.15) is 17.3 Å². The van der Waals surface area contributed by atoms with Gasteiger partial charge in [0.15, 0.2) is 5.37 Å². The Hall–Kier alpha value is -0.750. The van der Waals surface area contributed by atoms with Gasteiger partial charge in [0.2, 0.25) is 0 Å². The molecule has 1 aliphatic heterocycles. The number of amides is 2. The fourth-order valence-electron chi connectivity index (χ4n) is 2.04. The van der Waals surface area contributed by atoms with Gasteiger partial charge in [0.25, 0.3) is 0 Å². The van der Waals surface area contributed by atoms with E-state index in [0.717, 1.165) is 11.1 Å². The molecule has 136 valence electrons. The van der Waals surface area contributed by atoms with Crippen molar-refractivity contribution < 1.29 is 56.9 Å². The van der Waals surface area contributed by atoms with Gasteiger partial charge in [-0.15, -0.1) is 11.8 Å². The summed E-state index contributed by atoms with van der Waals surface area (Å²) in [5, 5.41) is -0.456. The van der Waals surface area contributed by atoms with Crippen LogP contribution < -0.4 is 34.9 Å². The Morgan fingerprint density at radius 3 is 2.46 bits per heavy atom. The number of nitrogens with one attached hydrogen (secondary N) is 1. The maximum Gasteiger partial charge on any atom is 1.00 e. The van der Waals surface area contributed by atoms with E-state index in [1.807, 2.05) is 0 Å². The summed E-state index contributed by atoms with van der Waals surface area (Å²) < 4.78 is 37.8. The smallest absolute Gasteiger partial charge is 0.746 e. The second-order valence-corrected chi connectivity index (χ2v) is 8.26. The van der Waals surface area contributed by atoms with E-state index in [0.29, 0.717) is 5.56 Å². The van der Waals surface area contributed by atoms with Crippen molar-refractivity contribution in [2.75, 3.05) is 7.11 Å². The molecule has 0 bridgehead atoms. The Morgan fingerprint density at radius 1 is 1.38 bits per heavy atom. The van der Waals surface area contributed by atoms with Gasteiger partial charge in [-0.05, 0) is 31.2 Å². The molecule has 2 atom stereocenters. The van der Waals surface area contributed by atoms with E-state index in [2.05, 4.69) is 10.1 Å². The van der Waals surface area contributed by atoms with Crippen molar-refractivity contribution in [2.24, 2.45) is 0 Å². The van der Waals surface area contributed by atoms with Gasteiger partial charge in [-0.2, -0.15) is 0 Å². The Morgan fingerprint density at radius 2 is 1.96 bits per heavy atom. The molecule has 0 spiro atoms. The molecular weight excluding hydrogens is 415 g/mol. The number of methoxy groups -OCH3 is 1. The minimum atomic E-state index is -4.79. The third kappa shape index (κ3) is 5.62. The minimum absolute atomic E-state index is 0. The zero-order valence-electron chi connectivity index (χ0n) is 14.1. The summed E-state index contributed by atoms with van der Waals surface area (Å²) in [7, 11) is -3.51. The summed E-state index contributed by atoms with van der Waals surface area (Å²) in [5.74, 6) is -0.459. The number of hydrogen-bond donors (Lipinski definition) is 1. The molecule has 1 aromatic carbocycles. The maximum absolute atomic E-state index is 12.0. The number of urea groups is 1. The molecule has 0 saturated carbocycles. The molecule has 0 fully saturated rings. The van der Waals surface area contributed by atoms with Crippen LogP contribution in [-0.4, -0.2) is 47.7 Å². The van der Waals surface area contributed by atoms with Crippen molar-refractivity contribution in [1.29, 1.82) is 0 Å². The molecule has 1 heterocycles. The number of carbonyl (C=O) groups is 2. The Balaban J connectivity index is 0.00000338. The molecule has 26 heavy (non-hydrogen) atoms. The van der Waals surface area contributed by atoms with Crippen LogP contribution in [0.3, 0.4) is 0 Å². The second-order valence-electron chi connectivity index (χ2n) is 4.98. The van der Waals surface area contributed by atoms with Gasteiger partial charge >= 0.3 is 41.6 Å². The van der Waals surface area contributed by atoms with Crippen molar-refractivity contribution in [2.45, 2.75) is 22.6 Å². The number of benzene rings is 1. The third-order valence-corrected chi connectivity index (χ3v) is 5.77. The van der Waals surface area contributed by atoms with E-state index in [9.17, 15) is 22.6 Å². The molecule has 1 aliphatic rings. The van der Waals surface area contributed by atoms with E-state index in [-0.39, 0.29) is 34.6 Å². The number of ether oxygens (including phenoxy) is 1. The summed E-state index contributed by atoms with van der Waals surface area (Å²) in [6.45, 7) is 1.70. The molecule has 2 unspecified atom stereocenters. The summed E-state index contributed by atoms with van der Waals surface area (Å²) >= 11 is 7.09. The third-order valence-electron chi connectivity index (χ3n) is 3.26. The Bertz CT molecular complexity index is 815. The number of halogens is 1. The first-order valence-electron chi connectivity index (χ1n) is 6.89. The maximum atomic E-state index is 12.0. The van der Waals surface area contributed by atoms with Crippen molar-refractivity contribution in [3.63, 3.8) is 0 Å². The molecule has 1 N–H and O–H groups in total. The number of thioether (sulfide) groups is 1. The van der Waals surface area contributed by atoms with E-state index in [1.54, 1.807) is 31.2 Å². The summed E-state index contributed by atoms with van der Waals surface area (Å²) in [6.07, 6.45) is 1.13. The van der Waals surface area contributed by atoms with Crippen LogP contribution >= 0.6 is 23.4 Å². The first kappa shape index (κ1) is 23.3. The summed E-state index contributed by atoms with van der Waals surface area (Å²) in [5.41, 5.74) is 0.390. The normalized spacial score (nSPS) is 18.3. The fraction of sp³-hybridized carbons (Fsp3) is 0.286. The fourth-order valence-corrected chi connectivity index (χ4v) is 4.06. The van der Waals surface area contributed by atoms with Crippen molar-refractivity contribution in [1.82, 2.24) is 10.2 Å². The molecule has 1 aromatic rings. The van der Waals surface area contributed by atoms with Crippen LogP contribution in [0.5, 0.6) is 0 Å². The quantitative estimate of drug-likeness (QED) is 0.273. The van der Waals surface area contributed by atoms with Crippen molar-refractivity contribution in [3.05, 3.63) is 41.1 Å². The van der Waals surface area contributed by atoms with Crippen LogP contribution in [0.2, 0.25) is 0 Å². The van der Waals surface area contributed by atoms with Gasteiger partial charge in [-0.25, -0.2) is 18.0 Å². The standard InChI is InChI=1S/C14H15ClN2O6S2.Na/c1-8(24-10-5-3-9(4-6-10)13(18)23-2)17-7-11(15)12(16-14(17)19)25(20,21)22;/h3-8,12H,1-2H3,(H,16,19)(H,20,21,22);/q;+1/p-1. The molecule has 2 rings (SSSR count). The summed E-state index contributed by atoms with van der Waals surface area (Å²) in [6, 6.07) is 5.79. The van der Waals surface area contributed by atoms with Gasteiger partial charge in [0, 0.05) is 11.1 Å². The number of esters is 1. The predicted octanol–water partition coefficient (Wildman–Crippen LogP) is -1.11. The Kier molecular flexibility index (Phi) is 8.46. The molecule has 0 aromatic heterocycles. The predicted molar refractivity (Wildman–Crippen MR) is 90.9 cm³/mol. The Labute approximate surface area is 182 Å². The topological polar surface area (TPSA) is 116 Å². The first-order valence-corrected chi connectivity index (χ1v) is 9.62. The van der Waals surface area contributed by atoms with Crippen molar-refractivity contribution in [3.8, 4) is 0 Å². The number of rotatable bonds is 5. The monoisotopic (exact) mass is 428 g/mol. The van der Waals surface area contributed by atoms with Gasteiger partial charge in [0.05, 0.1) is 23.1 Å². The average molecular weight is 429 g/mol. The first-order chi connectivity index (χ1) is 11.6. The minimum Gasteiger partial charge on any atom is -0.746 e. The molecule has 0 radical (unpaired) electrons. The number of hydrogen-bond acceptors (Lipinski definition) is 7. The van der Waals surface area contributed by atoms with Crippen LogP contribution in [-0.2, 0) is 14.9 Å². The molecule has 12 heteroatoms. The van der Waals surface area contributed by atoms with Crippen LogP contribution in [0.15, 0.2) is 40.4 Å². The van der Waals surface area contributed by atoms with Crippen LogP contribution in [0.4, 0.5) is 4.79 Å². The molecule has 0 aliphatic carbocycles.